The Morgan fingerprint density at radius 3 is 2.54 bits per heavy atom. The molecule has 0 aromatic heterocycles. The fraction of sp³-hybridized carbons (Fsp3) is 0.412. The molecule has 2 heterocycles. The Morgan fingerprint density at radius 2 is 1.92 bits per heavy atom. The van der Waals surface area contributed by atoms with Crippen molar-refractivity contribution in [2.45, 2.75) is 43.9 Å². The van der Waals surface area contributed by atoms with E-state index in [4.69, 9.17) is 4.84 Å². The number of carbonyl (C=O) groups is 3. The number of amides is 3. The standard InChI is InChI=1S/C17H17N3O4/c21-15-9-13(16(22)18-15)20(11-6-7-11)17(23)12-8-14(24-19-12)10-4-2-1-3-5-10/h1-5,11,13-14H,6-9H2,(H,18,21,22)/t13-,14+/m1/s1. The number of nitrogens with zero attached hydrogens (tertiary/aromatic N) is 2. The maximum Gasteiger partial charge on any atom is 0.272 e. The lowest BCUT2D eigenvalue weighted by Crippen LogP contribution is -2.48. The van der Waals surface area contributed by atoms with Gasteiger partial charge in [0.25, 0.3) is 5.91 Å². The highest BCUT2D eigenvalue weighted by molar-refractivity contribution is 6.39. The zero-order valence-electron chi connectivity index (χ0n) is 13.0. The second-order valence-corrected chi connectivity index (χ2v) is 6.32. The van der Waals surface area contributed by atoms with Crippen molar-refractivity contribution in [2.24, 2.45) is 5.16 Å². The summed E-state index contributed by atoms with van der Waals surface area (Å²) in [5, 5.41) is 6.22. The van der Waals surface area contributed by atoms with Crippen LogP contribution in [0, 0.1) is 0 Å². The number of hydrogen-bond donors (Lipinski definition) is 1. The monoisotopic (exact) mass is 327 g/mol. The van der Waals surface area contributed by atoms with Crippen molar-refractivity contribution in [3.63, 3.8) is 0 Å². The second kappa shape index (κ2) is 5.74. The van der Waals surface area contributed by atoms with Crippen molar-refractivity contribution in [1.82, 2.24) is 10.2 Å². The summed E-state index contributed by atoms with van der Waals surface area (Å²) in [7, 11) is 0. The van der Waals surface area contributed by atoms with E-state index in [2.05, 4.69) is 10.5 Å². The van der Waals surface area contributed by atoms with Crippen LogP contribution in [-0.4, -0.2) is 40.4 Å². The Labute approximate surface area is 138 Å². The van der Waals surface area contributed by atoms with E-state index in [1.54, 1.807) is 0 Å². The normalized spacial score (nSPS) is 25.9. The molecule has 1 aromatic carbocycles. The molecule has 1 aromatic rings. The first-order valence-electron chi connectivity index (χ1n) is 8.07. The van der Waals surface area contributed by atoms with Crippen molar-refractivity contribution < 1.29 is 19.2 Å². The average molecular weight is 327 g/mol. The van der Waals surface area contributed by atoms with Gasteiger partial charge in [0.05, 0.1) is 6.42 Å². The highest BCUT2D eigenvalue weighted by Crippen LogP contribution is 2.33. The van der Waals surface area contributed by atoms with E-state index in [0.717, 1.165) is 18.4 Å². The molecule has 3 aliphatic rings. The highest BCUT2D eigenvalue weighted by Gasteiger charge is 2.46. The predicted octanol–water partition coefficient (Wildman–Crippen LogP) is 0.910. The summed E-state index contributed by atoms with van der Waals surface area (Å²) in [6.07, 6.45) is 1.80. The van der Waals surface area contributed by atoms with Crippen LogP contribution in [0.2, 0.25) is 0 Å². The van der Waals surface area contributed by atoms with Crippen molar-refractivity contribution in [3.05, 3.63) is 35.9 Å². The molecule has 1 saturated heterocycles. The summed E-state index contributed by atoms with van der Waals surface area (Å²) >= 11 is 0. The summed E-state index contributed by atoms with van der Waals surface area (Å²) in [6, 6.07) is 8.86. The van der Waals surface area contributed by atoms with Crippen molar-refractivity contribution in [1.29, 1.82) is 0 Å². The van der Waals surface area contributed by atoms with Gasteiger partial charge >= 0.3 is 0 Å². The largest absolute Gasteiger partial charge is 0.387 e. The van der Waals surface area contributed by atoms with Gasteiger partial charge in [0.1, 0.15) is 11.8 Å². The van der Waals surface area contributed by atoms with Crippen LogP contribution >= 0.6 is 0 Å². The van der Waals surface area contributed by atoms with Gasteiger partial charge in [-0.2, -0.15) is 0 Å². The van der Waals surface area contributed by atoms with Crippen LogP contribution in [0.4, 0.5) is 0 Å². The molecule has 0 spiro atoms. The average Bonchev–Trinajstić information content (AvgIpc) is 3.18. The molecule has 4 rings (SSSR count). The van der Waals surface area contributed by atoms with Gasteiger partial charge in [0, 0.05) is 12.5 Å². The van der Waals surface area contributed by atoms with E-state index >= 15 is 0 Å². The topological polar surface area (TPSA) is 88.1 Å². The zero-order valence-corrected chi connectivity index (χ0v) is 13.0. The molecule has 124 valence electrons. The molecular weight excluding hydrogens is 310 g/mol. The van der Waals surface area contributed by atoms with Crippen molar-refractivity contribution >= 4 is 23.4 Å². The summed E-state index contributed by atoms with van der Waals surface area (Å²) in [5.74, 6) is -1.04. The van der Waals surface area contributed by atoms with Gasteiger partial charge in [-0.1, -0.05) is 35.5 Å². The molecule has 0 unspecified atom stereocenters. The molecule has 7 heteroatoms. The fourth-order valence-corrected chi connectivity index (χ4v) is 3.18. The van der Waals surface area contributed by atoms with E-state index in [9.17, 15) is 14.4 Å². The first kappa shape index (κ1) is 14.9. The van der Waals surface area contributed by atoms with Crippen LogP contribution < -0.4 is 5.32 Å². The van der Waals surface area contributed by atoms with E-state index in [1.807, 2.05) is 30.3 Å². The molecule has 3 amide bonds. The van der Waals surface area contributed by atoms with Crippen molar-refractivity contribution in [3.8, 4) is 0 Å². The Morgan fingerprint density at radius 1 is 1.17 bits per heavy atom. The number of oxime groups is 1. The third-order valence-corrected chi connectivity index (χ3v) is 4.54. The number of rotatable bonds is 4. The number of benzene rings is 1. The Balaban J connectivity index is 1.50. The molecule has 2 aliphatic heterocycles. The Hall–Kier alpha value is -2.70. The second-order valence-electron chi connectivity index (χ2n) is 6.32. The Kier molecular flexibility index (Phi) is 3.55. The van der Waals surface area contributed by atoms with Gasteiger partial charge in [0.2, 0.25) is 11.8 Å². The van der Waals surface area contributed by atoms with Crippen molar-refractivity contribution in [2.75, 3.05) is 0 Å². The fourth-order valence-electron chi connectivity index (χ4n) is 3.18. The SMILES string of the molecule is O=C1C[C@@H](N(C(=O)C2=NO[C@H](c3ccccc3)C2)C2CC2)C(=O)N1. The quantitative estimate of drug-likeness (QED) is 0.833. The van der Waals surface area contributed by atoms with Crippen LogP contribution in [0.25, 0.3) is 0 Å². The molecule has 1 N–H and O–H groups in total. The first-order chi connectivity index (χ1) is 11.6. The number of carbonyl (C=O) groups excluding carboxylic acids is 3. The maximum atomic E-state index is 12.9. The first-order valence-corrected chi connectivity index (χ1v) is 8.07. The molecule has 1 saturated carbocycles. The van der Waals surface area contributed by atoms with Crippen LogP contribution in [-0.2, 0) is 19.2 Å². The highest BCUT2D eigenvalue weighted by atomic mass is 16.6. The predicted molar refractivity (Wildman–Crippen MR) is 83.7 cm³/mol. The van der Waals surface area contributed by atoms with E-state index in [1.165, 1.54) is 4.90 Å². The van der Waals surface area contributed by atoms with Gasteiger partial charge < -0.3 is 9.74 Å². The summed E-state index contributed by atoms with van der Waals surface area (Å²) in [6.45, 7) is 0. The van der Waals surface area contributed by atoms with Gasteiger partial charge in [-0.25, -0.2) is 0 Å². The molecule has 24 heavy (non-hydrogen) atoms. The Bertz CT molecular complexity index is 727. The minimum Gasteiger partial charge on any atom is -0.387 e. The summed E-state index contributed by atoms with van der Waals surface area (Å²) in [4.78, 5) is 43.2. The number of nitrogens with one attached hydrogen (secondary N) is 1. The lowest BCUT2D eigenvalue weighted by molar-refractivity contribution is -0.134. The smallest absolute Gasteiger partial charge is 0.272 e. The van der Waals surface area contributed by atoms with Crippen LogP contribution in [0.3, 0.4) is 0 Å². The molecule has 7 nitrogen and oxygen atoms in total. The third-order valence-electron chi connectivity index (χ3n) is 4.54. The molecule has 0 radical (unpaired) electrons. The molecule has 2 atom stereocenters. The van der Waals surface area contributed by atoms with E-state index in [-0.39, 0.29) is 30.4 Å². The lowest BCUT2D eigenvalue weighted by Gasteiger charge is -2.26. The molecule has 2 fully saturated rings. The van der Waals surface area contributed by atoms with Gasteiger partial charge in [-0.15, -0.1) is 0 Å². The van der Waals surface area contributed by atoms with E-state index in [0.29, 0.717) is 12.1 Å². The van der Waals surface area contributed by atoms with Crippen LogP contribution in [0.1, 0.15) is 37.4 Å². The number of hydrogen-bond acceptors (Lipinski definition) is 5. The van der Waals surface area contributed by atoms with Gasteiger partial charge in [-0.05, 0) is 18.4 Å². The van der Waals surface area contributed by atoms with Gasteiger partial charge in [-0.3, -0.25) is 19.7 Å². The number of imide groups is 1. The summed E-state index contributed by atoms with van der Waals surface area (Å²) < 4.78 is 0. The van der Waals surface area contributed by atoms with E-state index < -0.39 is 11.9 Å². The maximum absolute atomic E-state index is 12.9. The zero-order chi connectivity index (χ0) is 16.7. The minimum atomic E-state index is -0.726. The summed E-state index contributed by atoms with van der Waals surface area (Å²) in [5.41, 5.74) is 1.26. The third kappa shape index (κ3) is 2.66. The van der Waals surface area contributed by atoms with Crippen LogP contribution in [0.5, 0.6) is 0 Å². The molecule has 1 aliphatic carbocycles. The lowest BCUT2D eigenvalue weighted by atomic mass is 10.0. The molecular formula is C17H17N3O4. The molecule has 0 bridgehead atoms. The van der Waals surface area contributed by atoms with Gasteiger partial charge in [0.15, 0.2) is 6.10 Å². The van der Waals surface area contributed by atoms with Crippen LogP contribution in [0.15, 0.2) is 35.5 Å². The minimum absolute atomic E-state index is 0.0117.